The molecule has 3 aromatic heterocycles. The average Bonchev–Trinajstić information content (AvgIpc) is 4.10. The number of hydrogen-bond donors (Lipinski definition) is 5. The number of nitrogens with two attached hydrogens (primary N) is 2. The lowest BCUT2D eigenvalue weighted by molar-refractivity contribution is -0.139. The number of nitrogens with one attached hydrogen (secondary N) is 1. The first-order chi connectivity index (χ1) is 34.8. The molecule has 2 saturated heterocycles. The number of carboxylic acid groups (broad SMARTS) is 1. The van der Waals surface area contributed by atoms with Crippen LogP contribution in [0.3, 0.4) is 0 Å². The molecule has 0 saturated carbocycles. The number of rotatable bonds is 28. The summed E-state index contributed by atoms with van der Waals surface area (Å²) in [5.74, 6) is 2.59. The number of halogens is 1. The van der Waals surface area contributed by atoms with Gasteiger partial charge in [0.05, 0.1) is 68.9 Å². The van der Waals surface area contributed by atoms with Gasteiger partial charge in [-0.2, -0.15) is 15.0 Å². The van der Waals surface area contributed by atoms with Crippen LogP contribution < -0.4 is 39.0 Å². The highest BCUT2D eigenvalue weighted by molar-refractivity contribution is 5.82. The Morgan fingerprint density at radius 1 is 0.726 bits per heavy atom. The van der Waals surface area contributed by atoms with Gasteiger partial charge in [-0.25, -0.2) is 9.36 Å². The zero-order valence-electron chi connectivity index (χ0n) is 42.3. The van der Waals surface area contributed by atoms with E-state index < -0.39 is 18.1 Å². The van der Waals surface area contributed by atoms with Gasteiger partial charge in [-0.1, -0.05) is 69.0 Å². The molecule has 6 rings (SSSR count). The number of anilines is 3. The molecule has 25 heteroatoms. The highest BCUT2D eigenvalue weighted by atomic mass is 35.5. The predicted octanol–water partition coefficient (Wildman–Crippen LogP) is -1.16. The lowest BCUT2D eigenvalue weighted by Crippen LogP contribution is -3.00. The molecule has 400 valence electrons. The largest absolute Gasteiger partial charge is 1.00 e. The number of ether oxygens (including phenoxy) is 3. The van der Waals surface area contributed by atoms with E-state index in [1.54, 1.807) is 46.2 Å². The second kappa shape index (κ2) is 28.9. The fraction of sp³-hybridized carbons (Fsp3) is 0.625. The Morgan fingerprint density at radius 2 is 1.21 bits per heavy atom. The molecule has 5 heterocycles. The molecule has 2 fully saturated rings. The molecule has 2 unspecified atom stereocenters. The van der Waals surface area contributed by atoms with E-state index in [9.17, 15) is 24.6 Å². The van der Waals surface area contributed by atoms with Gasteiger partial charge >= 0.3 is 5.97 Å². The van der Waals surface area contributed by atoms with Gasteiger partial charge in [-0.3, -0.25) is 14.4 Å². The van der Waals surface area contributed by atoms with Gasteiger partial charge < -0.3 is 73.2 Å². The molecule has 73 heavy (non-hydrogen) atoms. The highest BCUT2D eigenvalue weighted by Gasteiger charge is 2.34. The third kappa shape index (κ3) is 16.4. The van der Waals surface area contributed by atoms with E-state index in [1.807, 2.05) is 28.5 Å². The summed E-state index contributed by atoms with van der Waals surface area (Å²) in [5, 5.41) is 40.1. The van der Waals surface area contributed by atoms with E-state index in [4.69, 9.17) is 47.1 Å². The van der Waals surface area contributed by atoms with Crippen molar-refractivity contribution in [1.29, 1.82) is 0 Å². The third-order valence-corrected chi connectivity index (χ3v) is 13.3. The van der Waals surface area contributed by atoms with Crippen molar-refractivity contribution in [3.05, 3.63) is 53.6 Å². The first-order valence-corrected chi connectivity index (χ1v) is 24.9. The molecule has 0 spiro atoms. The third-order valence-electron chi connectivity index (χ3n) is 13.3. The number of amides is 2. The molecule has 2 amide bonds. The zero-order chi connectivity index (χ0) is 51.6. The minimum Gasteiger partial charge on any atom is -1.00 e. The Labute approximate surface area is 432 Å². The second-order valence-electron chi connectivity index (χ2n) is 18.2. The van der Waals surface area contributed by atoms with Crippen LogP contribution in [0.2, 0.25) is 0 Å². The van der Waals surface area contributed by atoms with Crippen molar-refractivity contribution < 1.29 is 51.2 Å². The number of carbonyl (C=O) groups is 3. The van der Waals surface area contributed by atoms with E-state index in [0.717, 1.165) is 18.4 Å². The fourth-order valence-corrected chi connectivity index (χ4v) is 8.26. The minimum atomic E-state index is -1.02. The Bertz CT molecular complexity index is 2370. The van der Waals surface area contributed by atoms with E-state index in [0.29, 0.717) is 128 Å². The predicted molar refractivity (Wildman–Crippen MR) is 267 cm³/mol. The summed E-state index contributed by atoms with van der Waals surface area (Å²) in [7, 11) is 0. The van der Waals surface area contributed by atoms with Crippen molar-refractivity contribution in [2.75, 3.05) is 114 Å². The Balaban J connectivity index is 0.00000988. The average molecular weight is 1040 g/mol. The number of aromatic nitrogens is 9. The Hall–Kier alpha value is -6.23. The first kappa shape index (κ1) is 57.7. The minimum absolute atomic E-state index is 0. The Morgan fingerprint density at radius 3 is 1.70 bits per heavy atom. The number of piperazine rings is 2. The van der Waals surface area contributed by atoms with Crippen LogP contribution in [-0.2, 0) is 35.0 Å². The molecule has 7 N–H and O–H groups in total. The van der Waals surface area contributed by atoms with Crippen LogP contribution in [0.5, 0.6) is 5.75 Å². The fourth-order valence-electron chi connectivity index (χ4n) is 8.26. The van der Waals surface area contributed by atoms with E-state index in [2.05, 4.69) is 45.7 Å². The molecule has 0 radical (unpaired) electrons. The maximum absolute atomic E-state index is 14.5. The van der Waals surface area contributed by atoms with Gasteiger partial charge in [-0.05, 0) is 36.0 Å². The van der Waals surface area contributed by atoms with Crippen LogP contribution in [-0.4, -0.2) is 181 Å². The molecule has 0 aliphatic carbocycles. The second-order valence-corrected chi connectivity index (χ2v) is 18.2. The number of aliphatic carboxylic acids is 1. The van der Waals surface area contributed by atoms with Crippen molar-refractivity contribution >= 4 is 35.6 Å². The zero-order valence-corrected chi connectivity index (χ0v) is 43.1. The van der Waals surface area contributed by atoms with Crippen molar-refractivity contribution in [1.82, 2.24) is 54.7 Å². The van der Waals surface area contributed by atoms with Crippen molar-refractivity contribution in [2.45, 2.75) is 84.0 Å². The van der Waals surface area contributed by atoms with Gasteiger partial charge in [-0.15, -0.1) is 16.6 Å². The van der Waals surface area contributed by atoms with Gasteiger partial charge in [0.1, 0.15) is 24.4 Å². The number of nitrogens with zero attached hydrogens (tertiary/aromatic N) is 13. The standard InChI is InChI=1S/C48H72N16O8.ClH/c1-6-24-70-26-28-72-29-27-71-25-15-51-46-52-47(61-20-16-59(17-21-61)44(68)39(13-14-41(66)67)63-31-37(55-57-63)42(49)33(4)7-2)54-48(53-46)62-22-18-60(19-23-62)45(69)40(30-35-9-11-36(65)12-10-35)64-32-38(56-58-64)43(50)34(5)8-3;/h1,9-12,31-34,39-40,42-43,65H,7-8,13-30,49-50H2,2-5H3,(H,66,67)(H,51,52,53,54);1H/p-1/t33-,34-,39+,40+,42?,43?;/m1./s1. The summed E-state index contributed by atoms with van der Waals surface area (Å²) >= 11 is 0. The van der Waals surface area contributed by atoms with Crippen molar-refractivity contribution in [2.24, 2.45) is 23.3 Å². The number of carbonyl (C=O) groups excluding carboxylic acids is 2. The Kier molecular flexibility index (Phi) is 22.8. The number of terminal acetylenes is 1. The van der Waals surface area contributed by atoms with Gasteiger partial charge in [0.25, 0.3) is 0 Å². The highest BCUT2D eigenvalue weighted by Crippen LogP contribution is 2.27. The van der Waals surface area contributed by atoms with E-state index in [-0.39, 0.29) is 73.3 Å². The number of benzene rings is 1. The molecular weight excluding hydrogens is 964 g/mol. The van der Waals surface area contributed by atoms with E-state index in [1.165, 1.54) is 4.68 Å². The summed E-state index contributed by atoms with van der Waals surface area (Å²) in [6, 6.07) is 4.46. The molecule has 4 aromatic rings. The molecule has 2 aliphatic heterocycles. The molecule has 6 atom stereocenters. The molecule has 0 bridgehead atoms. The van der Waals surface area contributed by atoms with Crippen LogP contribution >= 0.6 is 0 Å². The van der Waals surface area contributed by atoms with E-state index >= 15 is 0 Å². The van der Waals surface area contributed by atoms with Crippen LogP contribution in [0, 0.1) is 24.2 Å². The van der Waals surface area contributed by atoms with Gasteiger partial charge in [0, 0.05) is 71.7 Å². The van der Waals surface area contributed by atoms with Gasteiger partial charge in [0.15, 0.2) is 0 Å². The summed E-state index contributed by atoms with van der Waals surface area (Å²) in [4.78, 5) is 62.4. The summed E-state index contributed by atoms with van der Waals surface area (Å²) in [6.45, 7) is 13.7. The lowest BCUT2D eigenvalue weighted by atomic mass is 9.98. The first-order valence-electron chi connectivity index (χ1n) is 24.9. The number of hydrogen-bond acceptors (Lipinski definition) is 19. The molecule has 2 aliphatic rings. The molecule has 1 aromatic carbocycles. The van der Waals surface area contributed by atoms with Crippen molar-refractivity contribution in [3.63, 3.8) is 0 Å². The molecular formula is C48H72ClN16O8-. The smallest absolute Gasteiger partial charge is 0.303 e. The van der Waals surface area contributed by atoms with Gasteiger partial charge in [0.2, 0.25) is 29.7 Å². The van der Waals surface area contributed by atoms with Crippen LogP contribution in [0.4, 0.5) is 17.8 Å². The SMILES string of the molecule is C#CCOCCOCCOCCNc1nc(N2CCN(C(=O)[C@H](CCC(=O)O)n3cc(C(N)[C@H](C)CC)nn3)CC2)nc(N2CCN(C(=O)[C@H](Cc3ccc(O)cc3)n3cc(C(N)[C@H](C)CC)nn3)CC2)n1.[Cl-]. The monoisotopic (exact) mass is 1040 g/mol. The maximum atomic E-state index is 14.5. The van der Waals surface area contributed by atoms with Crippen LogP contribution in [0.15, 0.2) is 36.7 Å². The van der Waals surface area contributed by atoms with Crippen LogP contribution in [0.25, 0.3) is 0 Å². The molecule has 24 nitrogen and oxygen atoms in total. The topological polar surface area (TPSA) is 296 Å². The summed E-state index contributed by atoms with van der Waals surface area (Å²) < 4.78 is 19.6. The lowest BCUT2D eigenvalue weighted by Gasteiger charge is -2.38. The number of phenolic OH excluding ortho intramolecular Hbond substituents is 1. The normalized spacial score (nSPS) is 16.5. The van der Waals surface area contributed by atoms with Crippen molar-refractivity contribution in [3.8, 4) is 18.1 Å². The maximum Gasteiger partial charge on any atom is 0.303 e. The quantitative estimate of drug-likeness (QED) is 0.0331. The summed E-state index contributed by atoms with van der Waals surface area (Å²) in [6.07, 6.45) is 10.4. The van der Waals surface area contributed by atoms with Crippen LogP contribution in [0.1, 0.15) is 94.5 Å². The number of carboxylic acids is 1. The number of phenols is 1. The summed E-state index contributed by atoms with van der Waals surface area (Å²) in [5.41, 5.74) is 15.0. The number of aromatic hydroxyl groups is 1.